The number of hydrogen-bond donors (Lipinski definition) is 3. The van der Waals surface area contributed by atoms with Crippen LogP contribution in [-0.2, 0) is 15.0 Å². The molecule has 7 nitrogen and oxygen atoms in total. The van der Waals surface area contributed by atoms with E-state index in [-0.39, 0.29) is 18.6 Å². The van der Waals surface area contributed by atoms with Gasteiger partial charge in [0.25, 0.3) is 10.2 Å². The third-order valence-corrected chi connectivity index (χ3v) is 5.99. The molecule has 1 aliphatic heterocycles. The molecule has 1 saturated carbocycles. The normalized spacial score (nSPS) is 32.0. The van der Waals surface area contributed by atoms with Crippen LogP contribution in [0, 0.1) is 11.8 Å². The zero-order chi connectivity index (χ0) is 15.5. The Kier molecular flexibility index (Phi) is 5.59. The Hall–Kier alpha value is -0.700. The summed E-state index contributed by atoms with van der Waals surface area (Å²) < 4.78 is 28.3. The number of rotatable bonds is 5. The van der Waals surface area contributed by atoms with Gasteiger partial charge in [0.2, 0.25) is 0 Å². The number of carbonyl (C=O) groups is 1. The summed E-state index contributed by atoms with van der Waals surface area (Å²) in [4.78, 5) is 11.0. The number of carboxylic acids is 1. The fourth-order valence-corrected chi connectivity index (χ4v) is 4.40. The van der Waals surface area contributed by atoms with Crippen LogP contribution in [0.5, 0.6) is 0 Å². The molecule has 1 saturated heterocycles. The number of aliphatic hydroxyl groups excluding tert-OH is 1. The minimum atomic E-state index is -3.61. The molecule has 0 aromatic heterocycles. The van der Waals surface area contributed by atoms with Crippen LogP contribution < -0.4 is 4.72 Å². The van der Waals surface area contributed by atoms with Gasteiger partial charge in [-0.3, -0.25) is 4.79 Å². The van der Waals surface area contributed by atoms with Gasteiger partial charge in [-0.1, -0.05) is 0 Å². The van der Waals surface area contributed by atoms with E-state index in [1.54, 1.807) is 0 Å². The Morgan fingerprint density at radius 1 is 1.19 bits per heavy atom. The highest BCUT2D eigenvalue weighted by Crippen LogP contribution is 2.24. The molecule has 2 fully saturated rings. The molecule has 0 amide bonds. The van der Waals surface area contributed by atoms with Gasteiger partial charge in [-0.2, -0.15) is 12.7 Å². The molecular weight excluding hydrogens is 296 g/mol. The summed E-state index contributed by atoms with van der Waals surface area (Å²) in [6.07, 6.45) is 3.93. The van der Waals surface area contributed by atoms with Gasteiger partial charge in [0.05, 0.1) is 12.0 Å². The Morgan fingerprint density at radius 2 is 1.86 bits per heavy atom. The quantitative estimate of drug-likeness (QED) is 0.669. The van der Waals surface area contributed by atoms with Crippen molar-refractivity contribution < 1.29 is 23.4 Å². The average molecular weight is 320 g/mol. The number of aliphatic hydroxyl groups is 1. The topological polar surface area (TPSA) is 107 Å². The van der Waals surface area contributed by atoms with Gasteiger partial charge in [-0.25, -0.2) is 4.72 Å². The van der Waals surface area contributed by atoms with Crippen molar-refractivity contribution in [2.45, 2.75) is 44.6 Å². The molecule has 122 valence electrons. The second-order valence-corrected chi connectivity index (χ2v) is 7.82. The zero-order valence-electron chi connectivity index (χ0n) is 12.1. The molecule has 1 heterocycles. The van der Waals surface area contributed by atoms with Gasteiger partial charge in [0.1, 0.15) is 0 Å². The lowest BCUT2D eigenvalue weighted by atomic mass is 9.88. The molecule has 8 heteroatoms. The number of nitrogens with one attached hydrogen (secondary N) is 1. The molecule has 0 radical (unpaired) electrons. The van der Waals surface area contributed by atoms with Crippen molar-refractivity contribution in [3.05, 3.63) is 0 Å². The first-order valence-corrected chi connectivity index (χ1v) is 8.98. The molecule has 1 unspecified atom stereocenters. The molecule has 0 bridgehead atoms. The van der Waals surface area contributed by atoms with E-state index in [2.05, 4.69) is 4.72 Å². The summed E-state index contributed by atoms with van der Waals surface area (Å²) in [5.41, 5.74) is 0. The van der Waals surface area contributed by atoms with Crippen LogP contribution in [0.2, 0.25) is 0 Å². The summed E-state index contributed by atoms with van der Waals surface area (Å²) >= 11 is 0. The highest BCUT2D eigenvalue weighted by Gasteiger charge is 2.32. The lowest BCUT2D eigenvalue weighted by Gasteiger charge is -2.31. The molecule has 2 rings (SSSR count). The van der Waals surface area contributed by atoms with Crippen LogP contribution in [-0.4, -0.2) is 54.6 Å². The summed E-state index contributed by atoms with van der Waals surface area (Å²) in [6, 6.07) is 0. The molecule has 0 aromatic carbocycles. The van der Waals surface area contributed by atoms with Crippen LogP contribution in [0.1, 0.15) is 38.5 Å². The van der Waals surface area contributed by atoms with E-state index in [0.717, 1.165) is 25.7 Å². The van der Waals surface area contributed by atoms with Crippen molar-refractivity contribution in [1.29, 1.82) is 0 Å². The second kappa shape index (κ2) is 7.04. The first-order valence-electron chi connectivity index (χ1n) is 7.54. The van der Waals surface area contributed by atoms with Gasteiger partial charge in [-0.05, 0) is 44.4 Å². The van der Waals surface area contributed by atoms with Gasteiger partial charge in [0, 0.05) is 19.6 Å². The Labute approximate surface area is 125 Å². The third-order valence-electron chi connectivity index (χ3n) is 4.44. The molecular formula is C13H24N2O5S. The monoisotopic (exact) mass is 320 g/mol. The fraction of sp³-hybridized carbons (Fsp3) is 0.923. The lowest BCUT2D eigenvalue weighted by Crippen LogP contribution is -2.48. The summed E-state index contributed by atoms with van der Waals surface area (Å²) in [7, 11) is -3.61. The molecule has 3 N–H and O–H groups in total. The maximum absolute atomic E-state index is 12.2. The van der Waals surface area contributed by atoms with Crippen LogP contribution >= 0.6 is 0 Å². The first kappa shape index (κ1) is 16.7. The zero-order valence-corrected chi connectivity index (χ0v) is 12.9. The second-order valence-electron chi connectivity index (χ2n) is 6.06. The molecule has 21 heavy (non-hydrogen) atoms. The van der Waals surface area contributed by atoms with Crippen LogP contribution in [0.4, 0.5) is 0 Å². The van der Waals surface area contributed by atoms with Crippen molar-refractivity contribution in [2.75, 3.05) is 19.6 Å². The number of piperidine rings is 1. The Morgan fingerprint density at radius 3 is 2.48 bits per heavy atom. The fourth-order valence-electron chi connectivity index (χ4n) is 3.03. The standard InChI is InChI=1S/C13H24N2O5S/c16-12-5-3-10(4-6-12)8-14-21(19,20)15-7-1-2-11(9-15)13(17)18/h10-12,14,16H,1-9H2,(H,17,18). The van der Waals surface area contributed by atoms with Crippen molar-refractivity contribution >= 4 is 16.2 Å². The Balaban J connectivity index is 1.85. The van der Waals surface area contributed by atoms with Crippen LogP contribution in [0.25, 0.3) is 0 Å². The highest BCUT2D eigenvalue weighted by molar-refractivity contribution is 7.87. The smallest absolute Gasteiger partial charge is 0.307 e. The van der Waals surface area contributed by atoms with Crippen LogP contribution in [0.15, 0.2) is 0 Å². The minimum absolute atomic E-state index is 0.0497. The lowest BCUT2D eigenvalue weighted by molar-refractivity contribution is -0.142. The predicted octanol–water partition coefficient (Wildman–Crippen LogP) is 0.169. The van der Waals surface area contributed by atoms with Crippen molar-refractivity contribution in [2.24, 2.45) is 11.8 Å². The van der Waals surface area contributed by atoms with Gasteiger partial charge in [0.15, 0.2) is 0 Å². The van der Waals surface area contributed by atoms with E-state index < -0.39 is 22.1 Å². The first-order chi connectivity index (χ1) is 9.88. The molecule has 1 aliphatic carbocycles. The number of nitrogens with zero attached hydrogens (tertiary/aromatic N) is 1. The summed E-state index contributed by atoms with van der Waals surface area (Å²) in [5.74, 6) is -1.29. The van der Waals surface area contributed by atoms with Crippen LogP contribution in [0.3, 0.4) is 0 Å². The third kappa shape index (κ3) is 4.64. The molecule has 2 aliphatic rings. The maximum atomic E-state index is 12.2. The van der Waals surface area contributed by atoms with Crippen molar-refractivity contribution in [1.82, 2.24) is 9.03 Å². The summed E-state index contributed by atoms with van der Waals surface area (Å²) in [6.45, 7) is 0.792. The summed E-state index contributed by atoms with van der Waals surface area (Å²) in [5, 5.41) is 18.5. The largest absolute Gasteiger partial charge is 0.481 e. The van der Waals surface area contributed by atoms with E-state index in [9.17, 15) is 18.3 Å². The van der Waals surface area contributed by atoms with E-state index in [4.69, 9.17) is 5.11 Å². The van der Waals surface area contributed by atoms with Gasteiger partial charge in [-0.15, -0.1) is 0 Å². The number of aliphatic carboxylic acids is 1. The van der Waals surface area contributed by atoms with E-state index in [1.165, 1.54) is 4.31 Å². The number of hydrogen-bond acceptors (Lipinski definition) is 4. The SMILES string of the molecule is O=C(O)C1CCCN(S(=O)(=O)NCC2CCC(O)CC2)C1. The Bertz CT molecular complexity index is 459. The van der Waals surface area contributed by atoms with E-state index in [0.29, 0.717) is 25.9 Å². The van der Waals surface area contributed by atoms with Crippen molar-refractivity contribution in [3.8, 4) is 0 Å². The van der Waals surface area contributed by atoms with Crippen molar-refractivity contribution in [3.63, 3.8) is 0 Å². The van der Waals surface area contributed by atoms with Gasteiger partial charge < -0.3 is 10.2 Å². The number of carboxylic acid groups (broad SMARTS) is 1. The van der Waals surface area contributed by atoms with E-state index >= 15 is 0 Å². The minimum Gasteiger partial charge on any atom is -0.481 e. The predicted molar refractivity (Wildman–Crippen MR) is 76.8 cm³/mol. The molecule has 0 aromatic rings. The maximum Gasteiger partial charge on any atom is 0.307 e. The highest BCUT2D eigenvalue weighted by atomic mass is 32.2. The van der Waals surface area contributed by atoms with Gasteiger partial charge >= 0.3 is 5.97 Å². The molecule has 0 spiro atoms. The van der Waals surface area contributed by atoms with E-state index in [1.807, 2.05) is 0 Å². The average Bonchev–Trinajstić information content (AvgIpc) is 2.47. The molecule has 1 atom stereocenters.